The van der Waals surface area contributed by atoms with Gasteiger partial charge in [0, 0.05) is 19.3 Å². The highest BCUT2D eigenvalue weighted by Crippen LogP contribution is 2.37. The standard InChI is InChI=1S/C29H33F3N6O4/c1-4-14-37-25(39)22-24(36(5-2)27(37)41)34-23(38(22)42-26(40)28(3)12-7-6-8-13-28)20-16-33-35(18-20)17-19-10-9-11-21(15-19)29(30,31)32/h9-11,15-16,18H,4-8,12-14,17H2,1-3H3. The molecule has 0 atom stereocenters. The zero-order valence-electron chi connectivity index (χ0n) is 23.8. The van der Waals surface area contributed by atoms with E-state index in [2.05, 4.69) is 10.1 Å². The van der Waals surface area contributed by atoms with E-state index >= 15 is 0 Å². The summed E-state index contributed by atoms with van der Waals surface area (Å²) >= 11 is 0. The molecule has 13 heteroatoms. The number of halogens is 3. The van der Waals surface area contributed by atoms with Crippen LogP contribution in [0.25, 0.3) is 22.6 Å². The largest absolute Gasteiger partial charge is 0.416 e. The Morgan fingerprint density at radius 1 is 1.10 bits per heavy atom. The van der Waals surface area contributed by atoms with Crippen molar-refractivity contribution >= 4 is 17.1 Å². The van der Waals surface area contributed by atoms with Crippen LogP contribution >= 0.6 is 0 Å². The molecule has 1 saturated carbocycles. The van der Waals surface area contributed by atoms with E-state index in [1.54, 1.807) is 19.2 Å². The number of hydrogen-bond acceptors (Lipinski definition) is 6. The van der Waals surface area contributed by atoms with Crippen LogP contribution in [0.15, 0.2) is 46.2 Å². The molecule has 0 aliphatic heterocycles. The monoisotopic (exact) mass is 586 g/mol. The van der Waals surface area contributed by atoms with Gasteiger partial charge in [-0.3, -0.25) is 18.6 Å². The Morgan fingerprint density at radius 3 is 2.50 bits per heavy atom. The summed E-state index contributed by atoms with van der Waals surface area (Å²) in [5.41, 5.74) is -1.89. The molecule has 1 aromatic carbocycles. The van der Waals surface area contributed by atoms with E-state index in [4.69, 9.17) is 4.84 Å². The van der Waals surface area contributed by atoms with Crippen molar-refractivity contribution in [3.05, 3.63) is 68.6 Å². The summed E-state index contributed by atoms with van der Waals surface area (Å²) in [4.78, 5) is 50.9. The third kappa shape index (κ3) is 5.39. The van der Waals surface area contributed by atoms with Crippen LogP contribution in [0, 0.1) is 5.41 Å². The van der Waals surface area contributed by atoms with Gasteiger partial charge in [0.05, 0.1) is 29.3 Å². The van der Waals surface area contributed by atoms with Crippen molar-refractivity contribution in [2.75, 3.05) is 0 Å². The molecule has 0 bridgehead atoms. The number of fused-ring (bicyclic) bond motifs is 1. The van der Waals surface area contributed by atoms with Gasteiger partial charge in [0.15, 0.2) is 17.0 Å². The number of nitrogens with zero attached hydrogens (tertiary/aromatic N) is 6. The van der Waals surface area contributed by atoms with Gasteiger partial charge in [-0.15, -0.1) is 4.73 Å². The minimum atomic E-state index is -4.48. The van der Waals surface area contributed by atoms with Crippen molar-refractivity contribution in [1.29, 1.82) is 0 Å². The van der Waals surface area contributed by atoms with Crippen molar-refractivity contribution in [3.8, 4) is 11.4 Å². The summed E-state index contributed by atoms with van der Waals surface area (Å²) in [5, 5.41) is 4.29. The fourth-order valence-corrected chi connectivity index (χ4v) is 5.52. The van der Waals surface area contributed by atoms with Crippen molar-refractivity contribution in [2.24, 2.45) is 5.41 Å². The van der Waals surface area contributed by atoms with Gasteiger partial charge >= 0.3 is 17.8 Å². The molecule has 10 nitrogen and oxygen atoms in total. The lowest BCUT2D eigenvalue weighted by Gasteiger charge is -2.30. The number of alkyl halides is 3. The Labute approximate surface area is 239 Å². The molecule has 0 N–H and O–H groups in total. The Hall–Kier alpha value is -4.16. The van der Waals surface area contributed by atoms with E-state index < -0.39 is 34.4 Å². The van der Waals surface area contributed by atoms with Gasteiger partial charge in [0.2, 0.25) is 0 Å². The highest BCUT2D eigenvalue weighted by atomic mass is 19.4. The summed E-state index contributed by atoms with van der Waals surface area (Å²) in [7, 11) is 0. The molecule has 3 aromatic heterocycles. The third-order valence-corrected chi connectivity index (χ3v) is 7.86. The van der Waals surface area contributed by atoms with E-state index in [-0.39, 0.29) is 36.6 Å². The van der Waals surface area contributed by atoms with Gasteiger partial charge in [-0.25, -0.2) is 14.6 Å². The summed E-state index contributed by atoms with van der Waals surface area (Å²) in [5.74, 6) is -0.421. The van der Waals surface area contributed by atoms with E-state index in [1.807, 2.05) is 13.8 Å². The molecule has 1 fully saturated rings. The highest BCUT2D eigenvalue weighted by molar-refractivity contribution is 5.81. The zero-order valence-corrected chi connectivity index (χ0v) is 23.8. The SMILES string of the molecule is CCCn1c(=O)c2c(nc(-c3cnn(Cc4cccc(C(F)(F)F)c4)c3)n2OC(=O)C2(C)CCCCC2)n(CC)c1=O. The molecule has 0 saturated heterocycles. The van der Waals surface area contributed by atoms with E-state index in [0.717, 1.165) is 40.7 Å². The van der Waals surface area contributed by atoms with E-state index in [9.17, 15) is 27.6 Å². The molecular weight excluding hydrogens is 553 g/mol. The lowest BCUT2D eigenvalue weighted by atomic mass is 9.76. The van der Waals surface area contributed by atoms with Crippen molar-refractivity contribution in [2.45, 2.75) is 85.1 Å². The topological polar surface area (TPSA) is 106 Å². The van der Waals surface area contributed by atoms with Crippen LogP contribution in [0.5, 0.6) is 0 Å². The molecule has 0 amide bonds. The second kappa shape index (κ2) is 11.3. The molecule has 1 aliphatic carbocycles. The smallest absolute Gasteiger partial charge is 0.333 e. The van der Waals surface area contributed by atoms with Crippen LogP contribution in [0.4, 0.5) is 13.2 Å². The number of hydrogen-bond donors (Lipinski definition) is 0. The van der Waals surface area contributed by atoms with E-state index in [0.29, 0.717) is 30.4 Å². The first-order valence-corrected chi connectivity index (χ1v) is 14.1. The van der Waals surface area contributed by atoms with Crippen molar-refractivity contribution in [3.63, 3.8) is 0 Å². The van der Waals surface area contributed by atoms with E-state index in [1.165, 1.54) is 21.5 Å². The molecule has 4 aromatic rings. The van der Waals surface area contributed by atoms with Gasteiger partial charge in [0.25, 0.3) is 5.56 Å². The molecule has 0 spiro atoms. The molecule has 1 aliphatic rings. The maximum absolute atomic E-state index is 13.7. The number of aromatic nitrogens is 6. The molecule has 42 heavy (non-hydrogen) atoms. The van der Waals surface area contributed by atoms with Gasteiger partial charge in [-0.2, -0.15) is 18.3 Å². The van der Waals surface area contributed by atoms with Crippen LogP contribution in [-0.2, 0) is 30.6 Å². The first-order valence-electron chi connectivity index (χ1n) is 14.1. The Bertz CT molecular complexity index is 1740. The Kier molecular flexibility index (Phi) is 7.86. The lowest BCUT2D eigenvalue weighted by Crippen LogP contribution is -2.42. The summed E-state index contributed by atoms with van der Waals surface area (Å²) in [6.45, 7) is 5.87. The normalized spacial score (nSPS) is 15.3. The maximum atomic E-state index is 13.7. The van der Waals surface area contributed by atoms with Crippen LogP contribution in [0.3, 0.4) is 0 Å². The van der Waals surface area contributed by atoms with Crippen molar-refractivity contribution < 1.29 is 22.8 Å². The lowest BCUT2D eigenvalue weighted by molar-refractivity contribution is -0.156. The first kappa shape index (κ1) is 29.3. The minimum Gasteiger partial charge on any atom is -0.333 e. The molecule has 0 unspecified atom stereocenters. The summed E-state index contributed by atoms with van der Waals surface area (Å²) in [6.07, 6.45) is 3.10. The Balaban J connectivity index is 1.63. The molecule has 0 radical (unpaired) electrons. The van der Waals surface area contributed by atoms with Gasteiger partial charge in [0.1, 0.15) is 0 Å². The summed E-state index contributed by atoms with van der Waals surface area (Å²) < 4.78 is 44.7. The third-order valence-electron chi connectivity index (χ3n) is 7.86. The van der Waals surface area contributed by atoms with Crippen molar-refractivity contribution in [1.82, 2.24) is 28.6 Å². The summed E-state index contributed by atoms with van der Waals surface area (Å²) in [6, 6.07) is 4.95. The predicted octanol–water partition coefficient (Wildman–Crippen LogP) is 4.65. The van der Waals surface area contributed by atoms with Gasteiger partial charge < -0.3 is 4.84 Å². The molecule has 5 rings (SSSR count). The quantitative estimate of drug-likeness (QED) is 0.298. The zero-order chi connectivity index (χ0) is 30.2. The average Bonchev–Trinajstić information content (AvgIpc) is 3.56. The molecular formula is C29H33F3N6O4. The van der Waals surface area contributed by atoms with Crippen LogP contribution in [0.1, 0.15) is 70.4 Å². The number of carbonyl (C=O) groups excluding carboxylic acids is 1. The number of aryl methyl sites for hydroxylation is 1. The second-order valence-electron chi connectivity index (χ2n) is 11.0. The number of carbonyl (C=O) groups is 1. The number of imidazole rings is 1. The number of benzene rings is 1. The van der Waals surface area contributed by atoms with Crippen LogP contribution < -0.4 is 16.1 Å². The van der Waals surface area contributed by atoms with Gasteiger partial charge in [-0.05, 0) is 50.8 Å². The Morgan fingerprint density at radius 2 is 1.83 bits per heavy atom. The van der Waals surface area contributed by atoms with Crippen LogP contribution in [0.2, 0.25) is 0 Å². The fourth-order valence-electron chi connectivity index (χ4n) is 5.52. The van der Waals surface area contributed by atoms with Gasteiger partial charge in [-0.1, -0.05) is 38.3 Å². The highest BCUT2D eigenvalue weighted by Gasteiger charge is 2.38. The first-order chi connectivity index (χ1) is 20.0. The minimum absolute atomic E-state index is 0.0327. The molecule has 224 valence electrons. The fraction of sp³-hybridized carbons (Fsp3) is 0.483. The number of rotatable bonds is 8. The molecule has 3 heterocycles. The average molecular weight is 587 g/mol. The predicted molar refractivity (Wildman–Crippen MR) is 149 cm³/mol. The second-order valence-corrected chi connectivity index (χ2v) is 11.0. The van der Waals surface area contributed by atoms with Crippen LogP contribution in [-0.4, -0.2) is 34.6 Å². The maximum Gasteiger partial charge on any atom is 0.416 e.